The minimum Gasteiger partial charge on any atom is -0.374 e. The standard InChI is InChI=1S/C8H11ClOS/c1-11-7-5-3-2-4-6(7)8(9)10/h2-4,7-8,10H,5H2,1H3. The zero-order valence-electron chi connectivity index (χ0n) is 6.33. The number of hydrogen-bond donors (Lipinski definition) is 1. The molecule has 62 valence electrons. The van der Waals surface area contributed by atoms with Gasteiger partial charge in [0.25, 0.3) is 0 Å². The zero-order chi connectivity index (χ0) is 8.27. The molecule has 1 rings (SSSR count). The van der Waals surface area contributed by atoms with Crippen LogP contribution < -0.4 is 0 Å². The molecule has 0 fully saturated rings. The van der Waals surface area contributed by atoms with Crippen LogP contribution in [0, 0.1) is 0 Å². The molecule has 0 saturated heterocycles. The monoisotopic (exact) mass is 190 g/mol. The van der Waals surface area contributed by atoms with Gasteiger partial charge in [0.2, 0.25) is 0 Å². The molecule has 0 spiro atoms. The molecule has 1 N–H and O–H groups in total. The Hall–Kier alpha value is 0.0800. The molecule has 0 aromatic carbocycles. The van der Waals surface area contributed by atoms with Gasteiger partial charge in [-0.25, -0.2) is 0 Å². The summed E-state index contributed by atoms with van der Waals surface area (Å²) in [4.78, 5) is 0. The lowest BCUT2D eigenvalue weighted by molar-refractivity contribution is 0.287. The van der Waals surface area contributed by atoms with Gasteiger partial charge in [-0.2, -0.15) is 11.8 Å². The first-order valence-electron chi connectivity index (χ1n) is 3.47. The molecular weight excluding hydrogens is 180 g/mol. The fourth-order valence-electron chi connectivity index (χ4n) is 1.09. The van der Waals surface area contributed by atoms with Crippen molar-refractivity contribution in [2.75, 3.05) is 6.26 Å². The minimum atomic E-state index is -0.822. The van der Waals surface area contributed by atoms with Crippen LogP contribution >= 0.6 is 23.4 Å². The second-order valence-electron chi connectivity index (χ2n) is 2.39. The summed E-state index contributed by atoms with van der Waals surface area (Å²) < 4.78 is 0. The summed E-state index contributed by atoms with van der Waals surface area (Å²) >= 11 is 7.29. The van der Waals surface area contributed by atoms with Gasteiger partial charge < -0.3 is 5.11 Å². The van der Waals surface area contributed by atoms with Gasteiger partial charge in [0, 0.05) is 5.25 Å². The van der Waals surface area contributed by atoms with Gasteiger partial charge in [-0.1, -0.05) is 29.8 Å². The highest BCUT2D eigenvalue weighted by molar-refractivity contribution is 7.99. The number of alkyl halides is 1. The van der Waals surface area contributed by atoms with E-state index in [1.165, 1.54) is 0 Å². The van der Waals surface area contributed by atoms with Gasteiger partial charge in [-0.05, 0) is 18.2 Å². The van der Waals surface area contributed by atoms with E-state index in [-0.39, 0.29) is 0 Å². The van der Waals surface area contributed by atoms with Crippen LogP contribution in [0.25, 0.3) is 0 Å². The van der Waals surface area contributed by atoms with Crippen LogP contribution in [-0.4, -0.2) is 22.2 Å². The quantitative estimate of drug-likeness (QED) is 0.674. The number of aliphatic hydroxyl groups is 1. The summed E-state index contributed by atoms with van der Waals surface area (Å²) in [6.45, 7) is 0. The maximum Gasteiger partial charge on any atom is 0.150 e. The number of thioether (sulfide) groups is 1. The van der Waals surface area contributed by atoms with E-state index >= 15 is 0 Å². The number of rotatable bonds is 2. The van der Waals surface area contributed by atoms with Crippen molar-refractivity contribution in [3.8, 4) is 0 Å². The van der Waals surface area contributed by atoms with Crippen molar-refractivity contribution in [3.05, 3.63) is 23.8 Å². The van der Waals surface area contributed by atoms with E-state index in [0.29, 0.717) is 5.25 Å². The Bertz CT molecular complexity index is 187. The molecular formula is C8H11ClOS. The third-order valence-corrected chi connectivity index (χ3v) is 2.99. The number of hydrogen-bond acceptors (Lipinski definition) is 2. The molecule has 0 aliphatic heterocycles. The van der Waals surface area contributed by atoms with Crippen molar-refractivity contribution in [2.45, 2.75) is 17.2 Å². The van der Waals surface area contributed by atoms with Gasteiger partial charge in [-0.3, -0.25) is 0 Å². The highest BCUT2D eigenvalue weighted by Gasteiger charge is 2.18. The number of allylic oxidation sites excluding steroid dienone is 3. The van der Waals surface area contributed by atoms with Crippen molar-refractivity contribution in [2.24, 2.45) is 0 Å². The Morgan fingerprint density at radius 2 is 2.55 bits per heavy atom. The maximum atomic E-state index is 9.13. The van der Waals surface area contributed by atoms with E-state index in [1.807, 2.05) is 18.4 Å². The average molecular weight is 191 g/mol. The summed E-state index contributed by atoms with van der Waals surface area (Å²) in [5, 5.41) is 9.48. The van der Waals surface area contributed by atoms with Crippen molar-refractivity contribution in [1.82, 2.24) is 0 Å². The summed E-state index contributed by atoms with van der Waals surface area (Å²) in [5.74, 6) is 0. The first-order chi connectivity index (χ1) is 5.25. The van der Waals surface area contributed by atoms with Crippen molar-refractivity contribution >= 4 is 23.4 Å². The van der Waals surface area contributed by atoms with E-state index in [4.69, 9.17) is 16.7 Å². The molecule has 0 amide bonds. The molecule has 0 aromatic heterocycles. The Labute approximate surface area is 76.1 Å². The smallest absolute Gasteiger partial charge is 0.150 e. The molecule has 0 heterocycles. The van der Waals surface area contributed by atoms with Crippen LogP contribution in [0.15, 0.2) is 23.8 Å². The largest absolute Gasteiger partial charge is 0.374 e. The first-order valence-corrected chi connectivity index (χ1v) is 5.19. The second kappa shape index (κ2) is 4.19. The average Bonchev–Trinajstić information content (AvgIpc) is 2.04. The minimum absolute atomic E-state index is 0.354. The number of halogens is 1. The predicted octanol–water partition coefficient (Wildman–Crippen LogP) is 2.16. The Morgan fingerprint density at radius 3 is 3.00 bits per heavy atom. The van der Waals surface area contributed by atoms with Gasteiger partial charge in [-0.15, -0.1) is 0 Å². The molecule has 3 heteroatoms. The van der Waals surface area contributed by atoms with Crippen LogP contribution in [-0.2, 0) is 0 Å². The fourth-order valence-corrected chi connectivity index (χ4v) is 2.17. The number of aliphatic hydroxyl groups excluding tert-OH is 1. The Morgan fingerprint density at radius 1 is 1.82 bits per heavy atom. The lowest BCUT2D eigenvalue weighted by Crippen LogP contribution is -2.16. The summed E-state index contributed by atoms with van der Waals surface area (Å²) in [5.41, 5.74) is 0.0964. The highest BCUT2D eigenvalue weighted by Crippen LogP contribution is 2.27. The molecule has 0 aromatic rings. The van der Waals surface area contributed by atoms with E-state index in [0.717, 1.165) is 12.0 Å². The third-order valence-electron chi connectivity index (χ3n) is 1.71. The molecule has 1 aliphatic rings. The molecule has 1 aliphatic carbocycles. The second-order valence-corrected chi connectivity index (χ2v) is 3.84. The lowest BCUT2D eigenvalue weighted by Gasteiger charge is -2.20. The summed E-state index contributed by atoms with van der Waals surface area (Å²) in [6.07, 6.45) is 8.91. The van der Waals surface area contributed by atoms with Gasteiger partial charge in [0.05, 0.1) is 0 Å². The third kappa shape index (κ3) is 2.26. The molecule has 0 saturated carbocycles. The molecule has 2 atom stereocenters. The van der Waals surface area contributed by atoms with E-state index in [1.54, 1.807) is 11.8 Å². The molecule has 11 heavy (non-hydrogen) atoms. The van der Waals surface area contributed by atoms with Crippen LogP contribution in [0.1, 0.15) is 6.42 Å². The van der Waals surface area contributed by atoms with Crippen molar-refractivity contribution in [3.63, 3.8) is 0 Å². The van der Waals surface area contributed by atoms with E-state index < -0.39 is 5.56 Å². The lowest BCUT2D eigenvalue weighted by atomic mass is 10.1. The van der Waals surface area contributed by atoms with Crippen LogP contribution in [0.3, 0.4) is 0 Å². The first kappa shape index (κ1) is 9.17. The summed E-state index contributed by atoms with van der Waals surface area (Å²) in [6, 6.07) is 0. The Balaban J connectivity index is 2.70. The van der Waals surface area contributed by atoms with Gasteiger partial charge in [0.15, 0.2) is 5.56 Å². The maximum absolute atomic E-state index is 9.13. The van der Waals surface area contributed by atoms with Crippen molar-refractivity contribution < 1.29 is 5.11 Å². The van der Waals surface area contributed by atoms with Gasteiger partial charge >= 0.3 is 0 Å². The van der Waals surface area contributed by atoms with E-state index in [2.05, 4.69) is 6.08 Å². The molecule has 0 bridgehead atoms. The summed E-state index contributed by atoms with van der Waals surface area (Å²) in [7, 11) is 0. The SMILES string of the molecule is CSC1CC=CC=C1C(O)Cl. The predicted molar refractivity (Wildman–Crippen MR) is 51.0 cm³/mol. The highest BCUT2D eigenvalue weighted by atomic mass is 35.5. The Kier molecular flexibility index (Phi) is 3.49. The van der Waals surface area contributed by atoms with Crippen molar-refractivity contribution in [1.29, 1.82) is 0 Å². The molecule has 0 radical (unpaired) electrons. The molecule has 1 nitrogen and oxygen atoms in total. The normalized spacial score (nSPS) is 26.5. The van der Waals surface area contributed by atoms with Crippen LogP contribution in [0.2, 0.25) is 0 Å². The van der Waals surface area contributed by atoms with Crippen LogP contribution in [0.4, 0.5) is 0 Å². The van der Waals surface area contributed by atoms with E-state index in [9.17, 15) is 0 Å². The van der Waals surface area contributed by atoms with Gasteiger partial charge in [0.1, 0.15) is 0 Å². The topological polar surface area (TPSA) is 20.2 Å². The zero-order valence-corrected chi connectivity index (χ0v) is 7.90. The molecule has 2 unspecified atom stereocenters. The fraction of sp³-hybridized carbons (Fsp3) is 0.500. The van der Waals surface area contributed by atoms with Crippen LogP contribution in [0.5, 0.6) is 0 Å².